The molecule has 1 rings (SSSR count). The van der Waals surface area contributed by atoms with E-state index in [2.05, 4.69) is 11.0 Å². The number of nitriles is 1. The lowest BCUT2D eigenvalue weighted by Crippen LogP contribution is -2.31. The fraction of sp³-hybridized carbons (Fsp3) is 0.900. The zero-order valence-electron chi connectivity index (χ0n) is 8.74. The third-order valence-electron chi connectivity index (χ3n) is 2.47. The lowest BCUT2D eigenvalue weighted by Gasteiger charge is -2.18. The Kier molecular flexibility index (Phi) is 5.53. The number of hydrogen-bond acceptors (Lipinski definition) is 4. The number of hydrogen-bond donors (Lipinski definition) is 0. The summed E-state index contributed by atoms with van der Waals surface area (Å²) in [4.78, 5) is 2.19. The fourth-order valence-corrected chi connectivity index (χ4v) is 1.67. The molecule has 1 heterocycles. The van der Waals surface area contributed by atoms with Crippen molar-refractivity contribution in [3.05, 3.63) is 0 Å². The van der Waals surface area contributed by atoms with E-state index >= 15 is 0 Å². The number of ether oxygens (including phenoxy) is 2. The van der Waals surface area contributed by atoms with Crippen LogP contribution in [-0.4, -0.2) is 51.0 Å². The first-order valence-corrected chi connectivity index (χ1v) is 5.09. The van der Waals surface area contributed by atoms with Crippen molar-refractivity contribution in [1.82, 2.24) is 4.90 Å². The van der Waals surface area contributed by atoms with Crippen molar-refractivity contribution in [3.8, 4) is 6.07 Å². The van der Waals surface area contributed by atoms with Crippen LogP contribution in [0.3, 0.4) is 0 Å². The fourth-order valence-electron chi connectivity index (χ4n) is 1.67. The zero-order chi connectivity index (χ0) is 10.2. The molecule has 0 bridgehead atoms. The Labute approximate surface area is 85.4 Å². The molecule has 0 aromatic heterocycles. The first-order chi connectivity index (χ1) is 6.88. The minimum atomic E-state index is 0.112. The number of likely N-dealkylation sites (tertiary alicyclic amines) is 1. The van der Waals surface area contributed by atoms with E-state index in [-0.39, 0.29) is 6.04 Å². The van der Waals surface area contributed by atoms with Gasteiger partial charge in [-0.05, 0) is 19.4 Å². The van der Waals surface area contributed by atoms with Crippen LogP contribution < -0.4 is 0 Å². The molecule has 4 heteroatoms. The van der Waals surface area contributed by atoms with Crippen molar-refractivity contribution in [1.29, 1.82) is 5.26 Å². The summed E-state index contributed by atoms with van der Waals surface area (Å²) < 4.78 is 10.2. The van der Waals surface area contributed by atoms with Crippen LogP contribution in [0.5, 0.6) is 0 Å². The van der Waals surface area contributed by atoms with E-state index in [0.717, 1.165) is 25.9 Å². The highest BCUT2D eigenvalue weighted by Crippen LogP contribution is 2.15. The van der Waals surface area contributed by atoms with E-state index in [1.807, 2.05) is 0 Å². The minimum Gasteiger partial charge on any atom is -0.382 e. The largest absolute Gasteiger partial charge is 0.382 e. The molecule has 80 valence electrons. The van der Waals surface area contributed by atoms with Crippen LogP contribution in [0, 0.1) is 11.3 Å². The molecular formula is C10H18N2O2. The molecule has 1 fully saturated rings. The Morgan fingerprint density at radius 3 is 3.00 bits per heavy atom. The van der Waals surface area contributed by atoms with Gasteiger partial charge in [0, 0.05) is 13.7 Å². The Morgan fingerprint density at radius 2 is 2.29 bits per heavy atom. The van der Waals surface area contributed by atoms with Crippen LogP contribution in [0.1, 0.15) is 12.8 Å². The molecule has 1 unspecified atom stereocenters. The third kappa shape index (κ3) is 3.62. The van der Waals surface area contributed by atoms with Gasteiger partial charge >= 0.3 is 0 Å². The summed E-state index contributed by atoms with van der Waals surface area (Å²) in [5.41, 5.74) is 0. The van der Waals surface area contributed by atoms with Crippen molar-refractivity contribution in [2.75, 3.05) is 40.0 Å². The first kappa shape index (κ1) is 11.4. The smallest absolute Gasteiger partial charge is 0.0979 e. The maximum absolute atomic E-state index is 8.82. The monoisotopic (exact) mass is 198 g/mol. The van der Waals surface area contributed by atoms with Gasteiger partial charge in [0.15, 0.2) is 0 Å². The molecule has 14 heavy (non-hydrogen) atoms. The third-order valence-corrected chi connectivity index (χ3v) is 2.47. The summed E-state index contributed by atoms with van der Waals surface area (Å²) in [5, 5.41) is 8.82. The second-order valence-corrected chi connectivity index (χ2v) is 3.43. The molecule has 1 aliphatic heterocycles. The molecule has 0 aromatic carbocycles. The topological polar surface area (TPSA) is 45.5 Å². The van der Waals surface area contributed by atoms with Gasteiger partial charge in [-0.15, -0.1) is 0 Å². The van der Waals surface area contributed by atoms with Crippen molar-refractivity contribution in [2.24, 2.45) is 0 Å². The maximum atomic E-state index is 8.82. The summed E-state index contributed by atoms with van der Waals surface area (Å²) in [6.45, 7) is 3.87. The Hall–Kier alpha value is -0.630. The molecule has 0 radical (unpaired) electrons. The SMILES string of the molecule is COCCOCCN1CCCC1C#N. The Balaban J connectivity index is 2.03. The van der Waals surface area contributed by atoms with E-state index in [1.165, 1.54) is 0 Å². The number of nitrogens with zero attached hydrogens (tertiary/aromatic N) is 2. The van der Waals surface area contributed by atoms with E-state index in [1.54, 1.807) is 7.11 Å². The predicted octanol–water partition coefficient (Wildman–Crippen LogP) is 0.637. The predicted molar refractivity (Wildman–Crippen MR) is 52.9 cm³/mol. The molecule has 0 aliphatic carbocycles. The van der Waals surface area contributed by atoms with Crippen molar-refractivity contribution in [2.45, 2.75) is 18.9 Å². The molecule has 0 amide bonds. The lowest BCUT2D eigenvalue weighted by molar-refractivity contribution is 0.0579. The first-order valence-electron chi connectivity index (χ1n) is 5.09. The van der Waals surface area contributed by atoms with Gasteiger partial charge in [0.2, 0.25) is 0 Å². The zero-order valence-corrected chi connectivity index (χ0v) is 8.74. The van der Waals surface area contributed by atoms with Crippen LogP contribution in [0.4, 0.5) is 0 Å². The second kappa shape index (κ2) is 6.77. The molecule has 0 N–H and O–H groups in total. The molecule has 0 aromatic rings. The van der Waals surface area contributed by atoms with E-state index < -0.39 is 0 Å². The van der Waals surface area contributed by atoms with Gasteiger partial charge in [-0.25, -0.2) is 0 Å². The Morgan fingerprint density at radius 1 is 1.43 bits per heavy atom. The van der Waals surface area contributed by atoms with Gasteiger partial charge in [0.1, 0.15) is 0 Å². The number of rotatable bonds is 6. The summed E-state index contributed by atoms with van der Waals surface area (Å²) in [6.07, 6.45) is 2.14. The van der Waals surface area contributed by atoms with E-state index in [0.29, 0.717) is 19.8 Å². The standard InChI is InChI=1S/C10H18N2O2/c1-13-7-8-14-6-5-12-4-2-3-10(12)9-11/h10H,2-8H2,1H3. The highest BCUT2D eigenvalue weighted by molar-refractivity contribution is 4.95. The highest BCUT2D eigenvalue weighted by Gasteiger charge is 2.23. The molecule has 1 saturated heterocycles. The van der Waals surface area contributed by atoms with Crippen molar-refractivity contribution in [3.63, 3.8) is 0 Å². The lowest BCUT2D eigenvalue weighted by atomic mass is 10.2. The summed E-state index contributed by atoms with van der Waals surface area (Å²) in [6, 6.07) is 2.42. The van der Waals surface area contributed by atoms with Gasteiger partial charge in [-0.3, -0.25) is 4.90 Å². The van der Waals surface area contributed by atoms with Crippen molar-refractivity contribution >= 4 is 0 Å². The van der Waals surface area contributed by atoms with E-state index in [9.17, 15) is 0 Å². The van der Waals surface area contributed by atoms with Gasteiger partial charge in [0.25, 0.3) is 0 Å². The van der Waals surface area contributed by atoms with Gasteiger partial charge in [-0.2, -0.15) is 5.26 Å². The quantitative estimate of drug-likeness (QED) is 0.587. The molecule has 0 saturated carbocycles. The molecule has 0 spiro atoms. The second-order valence-electron chi connectivity index (χ2n) is 3.43. The van der Waals surface area contributed by atoms with Crippen LogP contribution in [0.25, 0.3) is 0 Å². The summed E-state index contributed by atoms with van der Waals surface area (Å²) >= 11 is 0. The molecule has 1 aliphatic rings. The average molecular weight is 198 g/mol. The summed E-state index contributed by atoms with van der Waals surface area (Å²) in [5.74, 6) is 0. The van der Waals surface area contributed by atoms with Crippen LogP contribution in [0.15, 0.2) is 0 Å². The van der Waals surface area contributed by atoms with Crippen molar-refractivity contribution < 1.29 is 9.47 Å². The number of methoxy groups -OCH3 is 1. The van der Waals surface area contributed by atoms with Gasteiger partial charge in [-0.1, -0.05) is 0 Å². The maximum Gasteiger partial charge on any atom is 0.0979 e. The highest BCUT2D eigenvalue weighted by atomic mass is 16.5. The van der Waals surface area contributed by atoms with Crippen LogP contribution in [-0.2, 0) is 9.47 Å². The summed E-state index contributed by atoms with van der Waals surface area (Å²) in [7, 11) is 1.66. The van der Waals surface area contributed by atoms with Gasteiger partial charge < -0.3 is 9.47 Å². The average Bonchev–Trinajstić information content (AvgIpc) is 2.65. The molecule has 4 nitrogen and oxygen atoms in total. The minimum absolute atomic E-state index is 0.112. The molecule has 1 atom stereocenters. The molecular weight excluding hydrogens is 180 g/mol. The normalized spacial score (nSPS) is 22.4. The van der Waals surface area contributed by atoms with Crippen LogP contribution in [0.2, 0.25) is 0 Å². The van der Waals surface area contributed by atoms with Gasteiger partial charge in [0.05, 0.1) is 31.9 Å². The van der Waals surface area contributed by atoms with Crippen LogP contribution >= 0.6 is 0 Å². The Bertz CT molecular complexity index is 191. The van der Waals surface area contributed by atoms with E-state index in [4.69, 9.17) is 14.7 Å².